The Bertz CT molecular complexity index is 354. The summed E-state index contributed by atoms with van der Waals surface area (Å²) >= 11 is 0. The molecule has 19 heavy (non-hydrogen) atoms. The van der Waals surface area contributed by atoms with Crippen molar-refractivity contribution >= 4 is 5.69 Å². The number of hydrogen-bond acceptors (Lipinski definition) is 2. The van der Waals surface area contributed by atoms with Crippen molar-refractivity contribution in [2.24, 2.45) is 5.92 Å². The van der Waals surface area contributed by atoms with E-state index in [1.807, 2.05) is 0 Å². The Labute approximate surface area is 119 Å². The van der Waals surface area contributed by atoms with Crippen LogP contribution >= 0.6 is 0 Å². The van der Waals surface area contributed by atoms with E-state index in [4.69, 9.17) is 0 Å². The molecular weight excluding hydrogens is 232 g/mol. The van der Waals surface area contributed by atoms with Crippen LogP contribution < -0.4 is 10.2 Å². The molecule has 0 aliphatic carbocycles. The van der Waals surface area contributed by atoms with Crippen molar-refractivity contribution < 1.29 is 0 Å². The van der Waals surface area contributed by atoms with Crippen molar-refractivity contribution in [1.82, 2.24) is 5.32 Å². The molecule has 0 fully saturated rings. The molecule has 1 rings (SSSR count). The summed E-state index contributed by atoms with van der Waals surface area (Å²) in [6.45, 7) is 10.3. The summed E-state index contributed by atoms with van der Waals surface area (Å²) in [5.41, 5.74) is 2.69. The van der Waals surface area contributed by atoms with E-state index in [0.29, 0.717) is 17.9 Å². The van der Waals surface area contributed by atoms with E-state index in [2.05, 4.69) is 76.3 Å². The molecule has 0 radical (unpaired) electrons. The van der Waals surface area contributed by atoms with Gasteiger partial charge in [0.15, 0.2) is 0 Å². The molecule has 0 aliphatic heterocycles. The minimum absolute atomic E-state index is 0.544. The second-order valence-corrected chi connectivity index (χ2v) is 6.00. The Hall–Kier alpha value is -1.02. The van der Waals surface area contributed by atoms with Gasteiger partial charge in [0.05, 0.1) is 0 Å². The van der Waals surface area contributed by atoms with E-state index in [-0.39, 0.29) is 0 Å². The number of nitrogens with zero attached hydrogens (tertiary/aromatic N) is 1. The number of nitrogens with one attached hydrogen (secondary N) is 1. The van der Waals surface area contributed by atoms with Crippen LogP contribution in [-0.2, 0) is 0 Å². The first-order chi connectivity index (χ1) is 8.97. The Balaban J connectivity index is 2.80. The predicted octanol–water partition coefficient (Wildman–Crippen LogP) is 3.88. The fourth-order valence-electron chi connectivity index (χ4n) is 2.58. The SMILES string of the molecule is CCCNC(C(C)C)C(C)c1ccc(N(C)C)cc1. The van der Waals surface area contributed by atoms with Crippen LogP contribution in [0.5, 0.6) is 0 Å². The third-order valence-corrected chi connectivity index (χ3v) is 3.82. The van der Waals surface area contributed by atoms with Gasteiger partial charge in [-0.05, 0) is 42.5 Å². The fourth-order valence-corrected chi connectivity index (χ4v) is 2.58. The standard InChI is InChI=1S/C17H30N2/c1-7-12-18-17(13(2)3)14(4)15-8-10-16(11-9-15)19(5)6/h8-11,13-14,17-18H,7,12H2,1-6H3. The molecule has 1 N–H and O–H groups in total. The van der Waals surface area contributed by atoms with Crippen molar-refractivity contribution in [2.45, 2.75) is 46.1 Å². The molecule has 0 saturated heterocycles. The minimum atomic E-state index is 0.544. The lowest BCUT2D eigenvalue weighted by atomic mass is 9.86. The van der Waals surface area contributed by atoms with Crippen LogP contribution in [0, 0.1) is 5.92 Å². The van der Waals surface area contributed by atoms with E-state index in [0.717, 1.165) is 6.54 Å². The molecule has 1 aromatic carbocycles. The molecule has 0 bridgehead atoms. The van der Waals surface area contributed by atoms with Crippen LogP contribution in [0.25, 0.3) is 0 Å². The zero-order valence-corrected chi connectivity index (χ0v) is 13.4. The molecule has 2 unspecified atom stereocenters. The van der Waals surface area contributed by atoms with Crippen LogP contribution in [0.15, 0.2) is 24.3 Å². The number of benzene rings is 1. The Morgan fingerprint density at radius 3 is 2.05 bits per heavy atom. The molecule has 2 atom stereocenters. The average Bonchev–Trinajstić information content (AvgIpc) is 2.38. The van der Waals surface area contributed by atoms with Gasteiger partial charge in [-0.25, -0.2) is 0 Å². The van der Waals surface area contributed by atoms with Crippen LogP contribution in [-0.4, -0.2) is 26.7 Å². The van der Waals surface area contributed by atoms with Gasteiger partial charge in [-0.1, -0.05) is 39.8 Å². The van der Waals surface area contributed by atoms with Crippen molar-refractivity contribution in [3.05, 3.63) is 29.8 Å². The van der Waals surface area contributed by atoms with Gasteiger partial charge in [-0.2, -0.15) is 0 Å². The molecule has 1 aromatic rings. The second kappa shape index (κ2) is 7.54. The summed E-state index contributed by atoms with van der Waals surface area (Å²) in [5, 5.41) is 3.69. The quantitative estimate of drug-likeness (QED) is 0.802. The van der Waals surface area contributed by atoms with E-state index >= 15 is 0 Å². The lowest BCUT2D eigenvalue weighted by Gasteiger charge is -2.29. The molecule has 2 heteroatoms. The fraction of sp³-hybridized carbons (Fsp3) is 0.647. The maximum absolute atomic E-state index is 3.69. The highest BCUT2D eigenvalue weighted by Gasteiger charge is 2.21. The largest absolute Gasteiger partial charge is 0.378 e. The maximum Gasteiger partial charge on any atom is 0.0361 e. The number of hydrogen-bond donors (Lipinski definition) is 1. The summed E-state index contributed by atoms with van der Waals surface area (Å²) in [5.74, 6) is 1.19. The zero-order valence-electron chi connectivity index (χ0n) is 13.4. The highest BCUT2D eigenvalue weighted by Crippen LogP contribution is 2.25. The summed E-state index contributed by atoms with van der Waals surface area (Å²) in [4.78, 5) is 2.14. The normalized spacial score (nSPS) is 14.5. The molecule has 0 amide bonds. The average molecular weight is 262 g/mol. The number of rotatable bonds is 7. The molecule has 0 spiro atoms. The van der Waals surface area contributed by atoms with E-state index in [1.54, 1.807) is 0 Å². The first-order valence-electron chi connectivity index (χ1n) is 7.48. The first kappa shape index (κ1) is 16.0. The summed E-state index contributed by atoms with van der Waals surface area (Å²) in [6.07, 6.45) is 1.19. The van der Waals surface area contributed by atoms with Crippen LogP contribution in [0.1, 0.15) is 45.6 Å². The molecule has 0 aliphatic rings. The van der Waals surface area contributed by atoms with Gasteiger partial charge < -0.3 is 10.2 Å². The van der Waals surface area contributed by atoms with E-state index in [1.165, 1.54) is 17.7 Å². The third-order valence-electron chi connectivity index (χ3n) is 3.82. The predicted molar refractivity (Wildman–Crippen MR) is 86.1 cm³/mol. The molecule has 108 valence electrons. The van der Waals surface area contributed by atoms with Gasteiger partial charge in [0.2, 0.25) is 0 Å². The maximum atomic E-state index is 3.69. The lowest BCUT2D eigenvalue weighted by molar-refractivity contribution is 0.354. The topological polar surface area (TPSA) is 15.3 Å². The number of anilines is 1. The van der Waals surface area contributed by atoms with Gasteiger partial charge in [-0.3, -0.25) is 0 Å². The minimum Gasteiger partial charge on any atom is -0.378 e. The molecular formula is C17H30N2. The summed E-state index contributed by atoms with van der Waals surface area (Å²) in [6, 6.07) is 9.50. The Morgan fingerprint density at radius 1 is 1.05 bits per heavy atom. The monoisotopic (exact) mass is 262 g/mol. The highest BCUT2D eigenvalue weighted by atomic mass is 15.1. The van der Waals surface area contributed by atoms with Gasteiger partial charge in [0, 0.05) is 25.8 Å². The van der Waals surface area contributed by atoms with Crippen molar-refractivity contribution in [3.63, 3.8) is 0 Å². The van der Waals surface area contributed by atoms with Crippen LogP contribution in [0.2, 0.25) is 0 Å². The second-order valence-electron chi connectivity index (χ2n) is 6.00. The smallest absolute Gasteiger partial charge is 0.0361 e. The Kier molecular flexibility index (Phi) is 6.36. The zero-order chi connectivity index (χ0) is 14.4. The third kappa shape index (κ3) is 4.54. The van der Waals surface area contributed by atoms with Crippen molar-refractivity contribution in [3.8, 4) is 0 Å². The highest BCUT2D eigenvalue weighted by molar-refractivity contribution is 5.46. The first-order valence-corrected chi connectivity index (χ1v) is 7.48. The molecule has 2 nitrogen and oxygen atoms in total. The lowest BCUT2D eigenvalue weighted by Crippen LogP contribution is -2.38. The van der Waals surface area contributed by atoms with Crippen LogP contribution in [0.3, 0.4) is 0 Å². The van der Waals surface area contributed by atoms with E-state index in [9.17, 15) is 0 Å². The van der Waals surface area contributed by atoms with Gasteiger partial charge in [0.1, 0.15) is 0 Å². The summed E-state index contributed by atoms with van der Waals surface area (Å²) in [7, 11) is 4.16. The molecule has 0 aromatic heterocycles. The van der Waals surface area contributed by atoms with Crippen molar-refractivity contribution in [2.75, 3.05) is 25.5 Å². The summed E-state index contributed by atoms with van der Waals surface area (Å²) < 4.78 is 0. The van der Waals surface area contributed by atoms with Crippen LogP contribution in [0.4, 0.5) is 5.69 Å². The van der Waals surface area contributed by atoms with Gasteiger partial charge in [0.25, 0.3) is 0 Å². The molecule has 0 saturated carbocycles. The van der Waals surface area contributed by atoms with Crippen molar-refractivity contribution in [1.29, 1.82) is 0 Å². The molecule has 0 heterocycles. The Morgan fingerprint density at radius 2 is 1.63 bits per heavy atom. The van der Waals surface area contributed by atoms with Gasteiger partial charge >= 0.3 is 0 Å². The van der Waals surface area contributed by atoms with E-state index < -0.39 is 0 Å². The van der Waals surface area contributed by atoms with Gasteiger partial charge in [-0.15, -0.1) is 0 Å².